The molecular formula is C15H33O2PS2Zn3. The van der Waals surface area contributed by atoms with Crippen LogP contribution in [0.25, 0.3) is 0 Å². The summed E-state index contributed by atoms with van der Waals surface area (Å²) in [6, 6.07) is 0. The summed E-state index contributed by atoms with van der Waals surface area (Å²) in [6.45, 7) is 24.0. The third-order valence-electron chi connectivity index (χ3n) is 1.73. The molecule has 0 bridgehead atoms. The Morgan fingerprint density at radius 2 is 0.783 bits per heavy atom. The second-order valence-electron chi connectivity index (χ2n) is 5.49. The van der Waals surface area contributed by atoms with Crippen LogP contribution in [-0.4, -0.2) is 0 Å². The van der Waals surface area contributed by atoms with Gasteiger partial charge in [0.25, 0.3) is 0 Å². The molecule has 0 N–H and O–H groups in total. The van der Waals surface area contributed by atoms with E-state index < -0.39 is 5.69 Å². The average molecular weight is 537 g/mol. The van der Waals surface area contributed by atoms with Crippen molar-refractivity contribution >= 4 is 29.7 Å². The molecule has 0 aliphatic heterocycles. The van der Waals surface area contributed by atoms with Gasteiger partial charge in [-0.1, -0.05) is 59.3 Å². The summed E-state index contributed by atoms with van der Waals surface area (Å²) in [5.74, 6) is 2.32. The number of hydrogen-bond donors (Lipinski definition) is 0. The molecule has 0 radical (unpaired) electrons. The zero-order chi connectivity index (χ0) is 17.4. The molecule has 0 saturated carbocycles. The Morgan fingerprint density at radius 3 is 0.783 bits per heavy atom. The van der Waals surface area contributed by atoms with Crippen LogP contribution in [-0.2, 0) is 82.5 Å². The molecule has 8 heteroatoms. The molecule has 0 aromatic rings. The molecule has 0 amide bonds. The van der Waals surface area contributed by atoms with E-state index in [4.69, 9.17) is 0 Å². The molecule has 0 aromatic carbocycles. The van der Waals surface area contributed by atoms with Gasteiger partial charge in [-0.3, -0.25) is 0 Å². The Kier molecular flexibility index (Phi) is 63.4. The van der Waals surface area contributed by atoms with E-state index in [0.29, 0.717) is 0 Å². The molecule has 0 fully saturated rings. The van der Waals surface area contributed by atoms with Crippen LogP contribution in [0.2, 0.25) is 0 Å². The van der Waals surface area contributed by atoms with Crippen molar-refractivity contribution in [3.63, 3.8) is 0 Å². The van der Waals surface area contributed by atoms with Gasteiger partial charge >= 0.3 is 58.4 Å². The molecule has 0 rings (SSSR count). The normalized spacial score (nSPS) is 8.83. The van der Waals surface area contributed by atoms with Gasteiger partial charge in [0.15, 0.2) is 0 Å². The summed E-state index contributed by atoms with van der Waals surface area (Å²) in [4.78, 5) is 18.6. The average Bonchev–Trinajstić information content (AvgIpc) is 2.28. The van der Waals surface area contributed by atoms with Crippen molar-refractivity contribution in [2.75, 3.05) is 0 Å². The molecular weight excluding hydrogens is 503 g/mol. The van der Waals surface area contributed by atoms with Crippen LogP contribution in [0.5, 0.6) is 0 Å². The maximum atomic E-state index is 9.29. The predicted octanol–water partition coefficient (Wildman–Crippen LogP) is 4.07. The van der Waals surface area contributed by atoms with Crippen molar-refractivity contribution in [1.29, 1.82) is 0 Å². The molecule has 0 aliphatic rings. The summed E-state index contributed by atoms with van der Waals surface area (Å²) in [7, 11) is 0. The van der Waals surface area contributed by atoms with Crippen LogP contribution < -0.4 is 9.79 Å². The molecule has 0 unspecified atom stereocenters. The molecule has 0 aliphatic carbocycles. The van der Waals surface area contributed by atoms with Gasteiger partial charge in [0, 0.05) is 0 Å². The van der Waals surface area contributed by atoms with Gasteiger partial charge in [-0.05, 0) is 0 Å². The number of hydrogen-bond acceptors (Lipinski definition) is 4. The summed E-state index contributed by atoms with van der Waals surface area (Å²) in [6.07, 6.45) is 3.17. The molecule has 0 saturated heterocycles. The molecule has 0 spiro atoms. The van der Waals surface area contributed by atoms with E-state index in [1.165, 1.54) is 0 Å². The Bertz CT molecular complexity index is 188. The van der Waals surface area contributed by atoms with Crippen molar-refractivity contribution in [2.45, 2.75) is 60.8 Å². The summed E-state index contributed by atoms with van der Waals surface area (Å²) >= 11 is 7.28. The number of rotatable bonds is 3. The Morgan fingerprint density at radius 1 is 0.739 bits per heavy atom. The minimum Gasteiger partial charge on any atom is -0.850 e. The van der Waals surface area contributed by atoms with Crippen molar-refractivity contribution in [3.05, 3.63) is 20.8 Å². The van der Waals surface area contributed by atoms with Gasteiger partial charge in [-0.2, -0.15) is 31.1 Å². The smallest absolute Gasteiger partial charge is 0.850 e. The minimum atomic E-state index is -3.72. The fraction of sp³-hybridized carbons (Fsp3) is 0.800. The first kappa shape index (κ1) is 44.9. The van der Waals surface area contributed by atoms with E-state index in [-0.39, 0.29) is 58.4 Å². The third-order valence-corrected chi connectivity index (χ3v) is 1.73. The van der Waals surface area contributed by atoms with Crippen LogP contribution in [0, 0.1) is 38.5 Å². The van der Waals surface area contributed by atoms with Gasteiger partial charge in [0.05, 0.1) is 0 Å². The van der Waals surface area contributed by atoms with E-state index in [0.717, 1.165) is 37.0 Å². The van der Waals surface area contributed by atoms with Crippen LogP contribution in [0.3, 0.4) is 0 Å². The first-order valence-electron chi connectivity index (χ1n) is 6.92. The first-order chi connectivity index (χ1) is 8.81. The van der Waals surface area contributed by atoms with Crippen molar-refractivity contribution in [1.82, 2.24) is 0 Å². The largest absolute Gasteiger partial charge is 2.00 e. The van der Waals surface area contributed by atoms with Crippen LogP contribution in [0.15, 0.2) is 0 Å². The van der Waals surface area contributed by atoms with Crippen molar-refractivity contribution in [2.24, 2.45) is 17.8 Å². The fourth-order valence-corrected chi connectivity index (χ4v) is 0. The van der Waals surface area contributed by atoms with Gasteiger partial charge < -0.3 is 48.5 Å². The summed E-state index contributed by atoms with van der Waals surface area (Å²) in [5, 5.41) is 0. The Hall–Kier alpha value is 2.79. The topological polar surface area (TPSA) is 46.1 Å². The van der Waals surface area contributed by atoms with Crippen LogP contribution in [0.4, 0.5) is 0 Å². The Balaban J connectivity index is -0.0000000284. The third kappa shape index (κ3) is 167. The van der Waals surface area contributed by atoms with Gasteiger partial charge in [0.1, 0.15) is 0 Å². The SMILES string of the molecule is [CH2-]CC(C)C.[CH2-]CC(C)C.[CH2-]CC(C)C.[O-]P([O-])(=S)[S-].[Zn+2].[Zn+2].[Zn+2]. The predicted molar refractivity (Wildman–Crippen MR) is 96.1 cm³/mol. The molecule has 0 aromatic heterocycles. The van der Waals surface area contributed by atoms with E-state index in [1.807, 2.05) is 0 Å². The minimum absolute atomic E-state index is 0. The van der Waals surface area contributed by atoms with E-state index >= 15 is 0 Å². The monoisotopic (exact) mass is 532 g/mol. The molecule has 23 heavy (non-hydrogen) atoms. The maximum absolute atomic E-state index is 9.29. The Labute approximate surface area is 195 Å². The second kappa shape index (κ2) is 32.5. The van der Waals surface area contributed by atoms with Crippen LogP contribution in [0.1, 0.15) is 60.8 Å². The van der Waals surface area contributed by atoms with Gasteiger partial charge in [0.2, 0.25) is 0 Å². The van der Waals surface area contributed by atoms with E-state index in [2.05, 4.69) is 86.4 Å². The van der Waals surface area contributed by atoms with E-state index in [9.17, 15) is 9.79 Å². The second-order valence-corrected chi connectivity index (χ2v) is 9.97. The zero-order valence-corrected chi connectivity index (χ0v) is 27.6. The quantitative estimate of drug-likeness (QED) is 0.236. The molecule has 0 atom stereocenters. The first-order valence-corrected chi connectivity index (χ1v) is 10.6. The summed E-state index contributed by atoms with van der Waals surface area (Å²) < 4.78 is 0. The summed E-state index contributed by atoms with van der Waals surface area (Å²) in [5.41, 5.74) is -3.72. The maximum Gasteiger partial charge on any atom is 2.00 e. The molecule has 2 nitrogen and oxygen atoms in total. The van der Waals surface area contributed by atoms with Gasteiger partial charge in [-0.25, -0.2) is 0 Å². The zero-order valence-electron chi connectivity index (χ0n) is 16.2. The van der Waals surface area contributed by atoms with E-state index in [1.54, 1.807) is 0 Å². The fourth-order valence-electron chi connectivity index (χ4n) is 0. The van der Waals surface area contributed by atoms with Gasteiger partial charge in [-0.15, -0.1) is 0 Å². The molecule has 0 heterocycles. The van der Waals surface area contributed by atoms with Crippen LogP contribution >= 0.6 is 5.69 Å². The van der Waals surface area contributed by atoms with Crippen molar-refractivity contribution < 1.29 is 68.2 Å². The standard InChI is InChI=1S/3C5H11.H3O2PS2.3Zn/c3*1-4-5(2)3;1-3(2,4)5;;;/h3*5H,1,4H2,2-3H3;(H3,1,2,4,5);;;/q3*-1;;3*+2/p-3. The molecule has 128 valence electrons. The van der Waals surface area contributed by atoms with Crippen molar-refractivity contribution in [3.8, 4) is 0 Å².